The number of benzene rings is 1. The van der Waals surface area contributed by atoms with Crippen LogP contribution in [0.5, 0.6) is 0 Å². The molecule has 2 heterocycles. The highest BCUT2D eigenvalue weighted by molar-refractivity contribution is 9.10. The molecule has 0 saturated carbocycles. The highest BCUT2D eigenvalue weighted by atomic mass is 79.9. The van der Waals surface area contributed by atoms with Gasteiger partial charge in [0.2, 0.25) is 0 Å². The van der Waals surface area contributed by atoms with E-state index in [1.807, 2.05) is 11.3 Å². The Kier molecular flexibility index (Phi) is 3.91. The molecule has 1 aliphatic rings. The average Bonchev–Trinajstić information content (AvgIpc) is 2.93. The number of nitrogens with two attached hydrogens (primary N) is 1. The topological polar surface area (TPSA) is 29.3 Å². The Bertz CT molecular complexity index is 524. The second-order valence-electron chi connectivity index (χ2n) is 5.09. The van der Waals surface area contributed by atoms with E-state index < -0.39 is 0 Å². The van der Waals surface area contributed by atoms with E-state index in [1.54, 1.807) is 0 Å². The summed E-state index contributed by atoms with van der Waals surface area (Å²) >= 11 is 5.32. The van der Waals surface area contributed by atoms with Crippen molar-refractivity contribution in [2.45, 2.75) is 18.4 Å². The van der Waals surface area contributed by atoms with E-state index >= 15 is 0 Å². The first-order valence-electron chi connectivity index (χ1n) is 6.52. The van der Waals surface area contributed by atoms with Gasteiger partial charge in [-0.1, -0.05) is 22.0 Å². The predicted octanol–water partition coefficient (Wildman–Crippen LogP) is 3.83. The fourth-order valence-corrected chi connectivity index (χ4v) is 3.83. The number of nitrogens with zero attached hydrogens (tertiary/aromatic N) is 1. The van der Waals surface area contributed by atoms with Gasteiger partial charge in [-0.05, 0) is 42.1 Å². The van der Waals surface area contributed by atoms with Gasteiger partial charge in [-0.2, -0.15) is 0 Å². The first kappa shape index (κ1) is 13.2. The van der Waals surface area contributed by atoms with E-state index in [9.17, 15) is 0 Å². The van der Waals surface area contributed by atoms with E-state index in [2.05, 4.69) is 62.6 Å². The average molecular weight is 337 g/mol. The third kappa shape index (κ3) is 3.02. The maximum atomic E-state index is 6.24. The zero-order chi connectivity index (χ0) is 13.2. The molecule has 1 saturated heterocycles. The van der Waals surface area contributed by atoms with Crippen LogP contribution in [-0.2, 0) is 0 Å². The number of rotatable bonds is 2. The highest BCUT2D eigenvalue weighted by Crippen LogP contribution is 2.32. The fourth-order valence-electron chi connectivity index (χ4n) is 2.73. The summed E-state index contributed by atoms with van der Waals surface area (Å²) in [6, 6.07) is 13.1. The minimum absolute atomic E-state index is 0.254. The highest BCUT2D eigenvalue weighted by Gasteiger charge is 2.26. The Labute approximate surface area is 126 Å². The molecular formula is C15H17BrN2S. The summed E-state index contributed by atoms with van der Waals surface area (Å²) in [5.74, 6) is 0.562. The van der Waals surface area contributed by atoms with Gasteiger partial charge in [0.15, 0.2) is 0 Å². The third-order valence-corrected chi connectivity index (χ3v) is 5.18. The van der Waals surface area contributed by atoms with Gasteiger partial charge in [0.05, 0.1) is 0 Å². The number of anilines is 1. The summed E-state index contributed by atoms with van der Waals surface area (Å²) in [5.41, 5.74) is 7.51. The van der Waals surface area contributed by atoms with Gasteiger partial charge in [0.25, 0.3) is 0 Å². The van der Waals surface area contributed by atoms with E-state index in [4.69, 9.17) is 5.73 Å². The normalized spacial score (nSPS) is 23.6. The lowest BCUT2D eigenvalue weighted by Crippen LogP contribution is -2.46. The molecule has 19 heavy (non-hydrogen) atoms. The molecule has 100 valence electrons. The molecular weight excluding hydrogens is 320 g/mol. The van der Waals surface area contributed by atoms with Crippen LogP contribution in [0.4, 0.5) is 5.69 Å². The lowest BCUT2D eigenvalue weighted by molar-refractivity contribution is 0.458. The number of hydrogen-bond donors (Lipinski definition) is 1. The van der Waals surface area contributed by atoms with Crippen LogP contribution in [0, 0.1) is 0 Å². The summed E-state index contributed by atoms with van der Waals surface area (Å²) in [6.45, 7) is 2.01. The number of hydrogen-bond acceptors (Lipinski definition) is 3. The maximum Gasteiger partial charge on any atom is 0.0367 e. The van der Waals surface area contributed by atoms with Crippen molar-refractivity contribution in [2.24, 2.45) is 5.73 Å². The van der Waals surface area contributed by atoms with Crippen LogP contribution in [0.15, 0.2) is 46.3 Å². The van der Waals surface area contributed by atoms with Crippen molar-refractivity contribution in [1.29, 1.82) is 0 Å². The van der Waals surface area contributed by atoms with E-state index in [-0.39, 0.29) is 6.04 Å². The lowest BCUT2D eigenvalue weighted by Gasteiger charge is -2.37. The van der Waals surface area contributed by atoms with Crippen molar-refractivity contribution in [1.82, 2.24) is 0 Å². The van der Waals surface area contributed by atoms with Crippen LogP contribution < -0.4 is 10.6 Å². The molecule has 0 aliphatic carbocycles. The molecule has 1 aromatic heterocycles. The van der Waals surface area contributed by atoms with Crippen LogP contribution in [0.3, 0.4) is 0 Å². The zero-order valence-corrected chi connectivity index (χ0v) is 13.0. The van der Waals surface area contributed by atoms with E-state index in [0.29, 0.717) is 5.92 Å². The molecule has 1 aromatic carbocycles. The minimum atomic E-state index is 0.254. The maximum absolute atomic E-state index is 6.24. The molecule has 2 aromatic rings. The Morgan fingerprint density at radius 2 is 1.95 bits per heavy atom. The molecule has 1 aliphatic heterocycles. The third-order valence-electron chi connectivity index (χ3n) is 3.62. The number of piperidine rings is 1. The molecule has 0 amide bonds. The second kappa shape index (κ2) is 5.65. The molecule has 2 N–H and O–H groups in total. The second-order valence-corrected chi connectivity index (χ2v) is 6.98. The van der Waals surface area contributed by atoms with Crippen molar-refractivity contribution in [3.05, 3.63) is 51.1 Å². The molecule has 2 nitrogen and oxygen atoms in total. The van der Waals surface area contributed by atoms with Gasteiger partial charge < -0.3 is 10.6 Å². The molecule has 2 atom stereocenters. The zero-order valence-electron chi connectivity index (χ0n) is 10.6. The van der Waals surface area contributed by atoms with Crippen molar-refractivity contribution in [2.75, 3.05) is 18.0 Å². The molecule has 1 fully saturated rings. The molecule has 4 heteroatoms. The first-order valence-corrected chi connectivity index (χ1v) is 8.19. The van der Waals surface area contributed by atoms with Crippen LogP contribution in [-0.4, -0.2) is 19.1 Å². The molecule has 0 bridgehead atoms. The smallest absolute Gasteiger partial charge is 0.0367 e. The van der Waals surface area contributed by atoms with Crippen LogP contribution in [0.2, 0.25) is 0 Å². The molecule has 0 spiro atoms. The van der Waals surface area contributed by atoms with E-state index in [0.717, 1.165) is 24.0 Å². The van der Waals surface area contributed by atoms with Crippen molar-refractivity contribution in [3.8, 4) is 0 Å². The van der Waals surface area contributed by atoms with Gasteiger partial charge in [-0.3, -0.25) is 0 Å². The van der Waals surface area contributed by atoms with E-state index in [1.165, 1.54) is 10.6 Å². The summed E-state index contributed by atoms with van der Waals surface area (Å²) in [5, 5.41) is 2.15. The Morgan fingerprint density at radius 1 is 1.16 bits per heavy atom. The van der Waals surface area contributed by atoms with Crippen molar-refractivity contribution in [3.63, 3.8) is 0 Å². The SMILES string of the molecule is NC1CC(c2cccs2)CN(c2ccc(Br)cc2)C1. The Hall–Kier alpha value is -0.840. The Morgan fingerprint density at radius 3 is 2.63 bits per heavy atom. The summed E-state index contributed by atoms with van der Waals surface area (Å²) in [6.07, 6.45) is 1.09. The van der Waals surface area contributed by atoms with Crippen LogP contribution in [0.25, 0.3) is 0 Å². The summed E-state index contributed by atoms with van der Waals surface area (Å²) in [4.78, 5) is 3.86. The predicted molar refractivity (Wildman–Crippen MR) is 86.0 cm³/mol. The lowest BCUT2D eigenvalue weighted by atomic mass is 9.93. The van der Waals surface area contributed by atoms with Gasteiger partial charge >= 0.3 is 0 Å². The number of halogens is 1. The molecule has 3 rings (SSSR count). The van der Waals surface area contributed by atoms with Crippen LogP contribution >= 0.6 is 27.3 Å². The fraction of sp³-hybridized carbons (Fsp3) is 0.333. The van der Waals surface area contributed by atoms with Gasteiger partial charge in [-0.25, -0.2) is 0 Å². The van der Waals surface area contributed by atoms with Crippen molar-refractivity contribution >= 4 is 33.0 Å². The number of thiophene rings is 1. The van der Waals surface area contributed by atoms with Gasteiger partial charge in [0, 0.05) is 40.1 Å². The van der Waals surface area contributed by atoms with Crippen molar-refractivity contribution < 1.29 is 0 Å². The van der Waals surface area contributed by atoms with Gasteiger partial charge in [-0.15, -0.1) is 11.3 Å². The molecule has 0 radical (unpaired) electrons. The standard InChI is InChI=1S/C15H17BrN2S/c16-12-3-5-14(6-4-12)18-9-11(8-13(17)10-18)15-2-1-7-19-15/h1-7,11,13H,8-10,17H2. The largest absolute Gasteiger partial charge is 0.369 e. The monoisotopic (exact) mass is 336 g/mol. The quantitative estimate of drug-likeness (QED) is 0.902. The van der Waals surface area contributed by atoms with Crippen LogP contribution in [0.1, 0.15) is 17.2 Å². The first-order chi connectivity index (χ1) is 9.22. The summed E-state index contributed by atoms with van der Waals surface area (Å²) in [7, 11) is 0. The van der Waals surface area contributed by atoms with Gasteiger partial charge in [0.1, 0.15) is 0 Å². The minimum Gasteiger partial charge on any atom is -0.369 e. The molecule has 2 unspecified atom stereocenters. The summed E-state index contributed by atoms with van der Waals surface area (Å²) < 4.78 is 1.12. The Balaban J connectivity index is 1.80.